The first-order valence-electron chi connectivity index (χ1n) is 14.0. The van der Waals surface area contributed by atoms with Crippen molar-refractivity contribution in [3.63, 3.8) is 0 Å². The van der Waals surface area contributed by atoms with E-state index in [2.05, 4.69) is 5.43 Å². The molecule has 0 radical (unpaired) electrons. The Hall–Kier alpha value is -0.910. The van der Waals surface area contributed by atoms with E-state index in [4.69, 9.17) is 0 Å². The third-order valence-corrected chi connectivity index (χ3v) is 12.0. The first-order valence-corrected chi connectivity index (χ1v) is 15.5. The summed E-state index contributed by atoms with van der Waals surface area (Å²) >= 11 is 0. The van der Waals surface area contributed by atoms with Gasteiger partial charge in [-0.05, 0) is 69.6 Å². The highest BCUT2D eigenvalue weighted by atomic mass is 32.2. The number of carbonyl (C=O) groups is 1. The van der Waals surface area contributed by atoms with E-state index < -0.39 is 34.2 Å². The molecule has 0 spiro atoms. The van der Waals surface area contributed by atoms with Crippen molar-refractivity contribution in [2.75, 3.05) is 32.7 Å². The number of piperidine rings is 3. The standard InChI is InChI=1S/C25H41F3N4O3S/c26-25(27,28)23-22(24(33)30-12-5-2-6-13-30)21-17-19(11-16-32(21)29-23)18-9-14-31(15-10-18)36(34,35)20-7-3-1-4-8-20/h18-23,29H,1-17H2. The molecule has 4 aliphatic heterocycles. The van der Waals surface area contributed by atoms with Crippen molar-refractivity contribution < 1.29 is 26.4 Å². The average molecular weight is 535 g/mol. The van der Waals surface area contributed by atoms with Crippen molar-refractivity contribution in [1.29, 1.82) is 0 Å². The minimum Gasteiger partial charge on any atom is -0.342 e. The normalized spacial score (nSPS) is 34.6. The van der Waals surface area contributed by atoms with Gasteiger partial charge < -0.3 is 4.90 Å². The SMILES string of the molecule is O=C(C1C2CC(C3CCN(S(=O)(=O)C4CCCCC4)CC3)CCN2NC1C(F)(F)F)N1CCCCC1. The average Bonchev–Trinajstić information content (AvgIpc) is 3.29. The Morgan fingerprint density at radius 1 is 0.778 bits per heavy atom. The predicted octanol–water partition coefficient (Wildman–Crippen LogP) is 3.52. The number of amides is 1. The van der Waals surface area contributed by atoms with Gasteiger partial charge >= 0.3 is 6.18 Å². The van der Waals surface area contributed by atoms with Gasteiger partial charge in [-0.15, -0.1) is 0 Å². The molecule has 4 saturated heterocycles. The highest BCUT2D eigenvalue weighted by Crippen LogP contribution is 2.44. The molecule has 1 saturated carbocycles. The van der Waals surface area contributed by atoms with Gasteiger partial charge in [0.05, 0.1) is 11.2 Å². The van der Waals surface area contributed by atoms with Gasteiger partial charge in [0.2, 0.25) is 15.9 Å². The molecule has 5 aliphatic rings. The zero-order valence-corrected chi connectivity index (χ0v) is 21.9. The molecule has 36 heavy (non-hydrogen) atoms. The van der Waals surface area contributed by atoms with Crippen LogP contribution in [0, 0.1) is 17.8 Å². The summed E-state index contributed by atoms with van der Waals surface area (Å²) in [7, 11) is -3.27. The number of carbonyl (C=O) groups excluding carboxylic acids is 1. The summed E-state index contributed by atoms with van der Waals surface area (Å²) in [6, 6.07) is -2.30. The summed E-state index contributed by atoms with van der Waals surface area (Å²) in [6.45, 7) is 2.60. The lowest BCUT2D eigenvalue weighted by molar-refractivity contribution is -0.172. The molecule has 0 aromatic heterocycles. The summed E-state index contributed by atoms with van der Waals surface area (Å²) < 4.78 is 70.0. The number of hydrogen-bond donors (Lipinski definition) is 1. The van der Waals surface area contributed by atoms with Crippen LogP contribution in [0.4, 0.5) is 13.2 Å². The number of halogens is 3. The zero-order valence-electron chi connectivity index (χ0n) is 21.1. The molecule has 1 N–H and O–H groups in total. The van der Waals surface area contributed by atoms with Gasteiger partial charge in [0, 0.05) is 38.8 Å². The Labute approximate surface area is 213 Å². The predicted molar refractivity (Wildman–Crippen MR) is 130 cm³/mol. The van der Waals surface area contributed by atoms with Gasteiger partial charge in [-0.2, -0.15) is 13.2 Å². The highest BCUT2D eigenvalue weighted by Gasteiger charge is 2.59. The van der Waals surface area contributed by atoms with E-state index >= 15 is 0 Å². The Morgan fingerprint density at radius 2 is 1.39 bits per heavy atom. The van der Waals surface area contributed by atoms with Crippen LogP contribution >= 0.6 is 0 Å². The third kappa shape index (κ3) is 5.31. The summed E-state index contributed by atoms with van der Waals surface area (Å²) in [4.78, 5) is 15.0. The number of nitrogens with one attached hydrogen (secondary N) is 1. The van der Waals surface area contributed by atoms with Crippen molar-refractivity contribution in [2.24, 2.45) is 17.8 Å². The lowest BCUT2D eigenvalue weighted by Gasteiger charge is -2.43. The van der Waals surface area contributed by atoms with Gasteiger partial charge in [0.15, 0.2) is 0 Å². The lowest BCUT2D eigenvalue weighted by Crippen LogP contribution is -2.51. The van der Waals surface area contributed by atoms with Crippen LogP contribution in [0.25, 0.3) is 0 Å². The number of alkyl halides is 3. The van der Waals surface area contributed by atoms with Crippen LogP contribution < -0.4 is 5.43 Å². The molecule has 0 bridgehead atoms. The molecule has 1 amide bonds. The Balaban J connectivity index is 1.24. The van der Waals surface area contributed by atoms with Crippen LogP contribution in [0.5, 0.6) is 0 Å². The summed E-state index contributed by atoms with van der Waals surface area (Å²) in [5, 5.41) is 1.43. The van der Waals surface area contributed by atoms with Crippen molar-refractivity contribution in [3.8, 4) is 0 Å². The minimum atomic E-state index is -4.48. The molecule has 206 valence electrons. The van der Waals surface area contributed by atoms with E-state index in [1.807, 2.05) is 0 Å². The van der Waals surface area contributed by atoms with Crippen LogP contribution in [0.3, 0.4) is 0 Å². The van der Waals surface area contributed by atoms with Crippen molar-refractivity contribution in [2.45, 2.75) is 101 Å². The molecule has 0 aromatic carbocycles. The highest BCUT2D eigenvalue weighted by molar-refractivity contribution is 7.89. The van der Waals surface area contributed by atoms with Gasteiger partial charge in [-0.3, -0.25) is 4.79 Å². The topological polar surface area (TPSA) is 73.0 Å². The number of hydrazine groups is 1. The first kappa shape index (κ1) is 26.7. The fraction of sp³-hybridized carbons (Fsp3) is 0.960. The molecule has 4 unspecified atom stereocenters. The summed E-state index contributed by atoms with van der Waals surface area (Å²) in [5.74, 6) is -0.958. The van der Waals surface area contributed by atoms with E-state index in [1.54, 1.807) is 14.2 Å². The Morgan fingerprint density at radius 3 is 2.03 bits per heavy atom. The van der Waals surface area contributed by atoms with Crippen molar-refractivity contribution in [1.82, 2.24) is 19.6 Å². The maximum absolute atomic E-state index is 14.0. The van der Waals surface area contributed by atoms with Gasteiger partial charge in [-0.1, -0.05) is 19.3 Å². The number of nitrogens with zero attached hydrogens (tertiary/aromatic N) is 3. The quantitative estimate of drug-likeness (QED) is 0.598. The maximum Gasteiger partial charge on any atom is 0.406 e. The number of rotatable bonds is 4. The summed E-state index contributed by atoms with van der Waals surface area (Å²) in [5.41, 5.74) is 2.66. The van der Waals surface area contributed by atoms with E-state index in [-0.39, 0.29) is 17.1 Å². The number of hydrogen-bond acceptors (Lipinski definition) is 5. The van der Waals surface area contributed by atoms with Crippen molar-refractivity contribution in [3.05, 3.63) is 0 Å². The second-order valence-electron chi connectivity index (χ2n) is 11.6. The number of likely N-dealkylation sites (tertiary alicyclic amines) is 1. The second kappa shape index (κ2) is 10.7. The van der Waals surface area contributed by atoms with Gasteiger partial charge in [0.25, 0.3) is 0 Å². The Kier molecular flexibility index (Phi) is 7.92. The number of fused-ring (bicyclic) bond motifs is 1. The van der Waals surface area contributed by atoms with E-state index in [1.165, 1.54) is 0 Å². The molecule has 11 heteroatoms. The molecule has 4 atom stereocenters. The minimum absolute atomic E-state index is 0.219. The third-order valence-electron chi connectivity index (χ3n) is 9.57. The molecular weight excluding hydrogens is 493 g/mol. The molecule has 5 rings (SSSR count). The van der Waals surface area contributed by atoms with Gasteiger partial charge in [-0.25, -0.2) is 23.2 Å². The largest absolute Gasteiger partial charge is 0.406 e. The molecule has 4 heterocycles. The molecule has 1 aliphatic carbocycles. The smallest absolute Gasteiger partial charge is 0.342 e. The van der Waals surface area contributed by atoms with Gasteiger partial charge in [0.1, 0.15) is 6.04 Å². The van der Waals surface area contributed by atoms with E-state index in [0.717, 1.165) is 70.6 Å². The molecule has 7 nitrogen and oxygen atoms in total. The van der Waals surface area contributed by atoms with E-state index in [0.29, 0.717) is 45.1 Å². The van der Waals surface area contributed by atoms with E-state index in [9.17, 15) is 26.4 Å². The molecule has 0 aromatic rings. The van der Waals surface area contributed by atoms with Crippen LogP contribution in [0.1, 0.15) is 77.0 Å². The van der Waals surface area contributed by atoms with Crippen LogP contribution in [0.2, 0.25) is 0 Å². The summed E-state index contributed by atoms with van der Waals surface area (Å²) in [6.07, 6.45) is 5.64. The monoisotopic (exact) mass is 534 g/mol. The molecule has 5 fully saturated rings. The Bertz CT molecular complexity index is 881. The first-order chi connectivity index (χ1) is 17.2. The molecular formula is C25H41F3N4O3S. The van der Waals surface area contributed by atoms with Crippen LogP contribution in [-0.2, 0) is 14.8 Å². The maximum atomic E-state index is 14.0. The zero-order chi connectivity index (χ0) is 25.5. The number of sulfonamides is 1. The van der Waals surface area contributed by atoms with Crippen LogP contribution in [0.15, 0.2) is 0 Å². The van der Waals surface area contributed by atoms with Crippen molar-refractivity contribution >= 4 is 15.9 Å². The van der Waals surface area contributed by atoms with Crippen LogP contribution in [-0.4, -0.2) is 84.8 Å². The fourth-order valence-corrected chi connectivity index (χ4v) is 9.59. The second-order valence-corrected chi connectivity index (χ2v) is 13.9. The fourth-order valence-electron chi connectivity index (χ4n) is 7.52. The lowest BCUT2D eigenvalue weighted by atomic mass is 9.74.